The monoisotopic (exact) mass is 426 g/mol. The van der Waals surface area contributed by atoms with Crippen molar-refractivity contribution in [3.63, 3.8) is 0 Å². The number of carbonyl (C=O) groups excluding carboxylic acids is 1. The van der Waals surface area contributed by atoms with Crippen molar-refractivity contribution in [1.82, 2.24) is 14.4 Å². The Morgan fingerprint density at radius 2 is 1.92 bits per heavy atom. The molecule has 1 aromatic carbocycles. The van der Waals surface area contributed by atoms with Crippen LogP contribution < -0.4 is 5.32 Å². The number of nitrogens with one attached hydrogen (secondary N) is 1. The van der Waals surface area contributed by atoms with Crippen LogP contribution in [0.3, 0.4) is 0 Å². The number of fused-ring (bicyclic) bond motifs is 1. The van der Waals surface area contributed by atoms with Crippen LogP contribution in [0, 0.1) is 13.8 Å². The summed E-state index contributed by atoms with van der Waals surface area (Å²) in [6.45, 7) is 3.89. The molecule has 0 aliphatic rings. The number of thiazole rings is 1. The van der Waals surface area contributed by atoms with Gasteiger partial charge in [-0.05, 0) is 54.0 Å². The van der Waals surface area contributed by atoms with E-state index in [1.807, 2.05) is 56.4 Å². The number of hydrogen-bond donors (Lipinski definition) is 1. The summed E-state index contributed by atoms with van der Waals surface area (Å²) in [6.07, 6.45) is 3.45. The zero-order valence-electron chi connectivity index (χ0n) is 14.2. The second-order valence-electron chi connectivity index (χ2n) is 5.97. The minimum atomic E-state index is -0.0810. The molecule has 0 atom stereocenters. The summed E-state index contributed by atoms with van der Waals surface area (Å²) in [7, 11) is 0. The Morgan fingerprint density at radius 3 is 2.69 bits per heavy atom. The molecule has 5 nitrogen and oxygen atoms in total. The van der Waals surface area contributed by atoms with Crippen molar-refractivity contribution in [2.75, 3.05) is 5.32 Å². The quantitative estimate of drug-likeness (QED) is 0.458. The maximum absolute atomic E-state index is 13.0. The van der Waals surface area contributed by atoms with E-state index >= 15 is 0 Å². The molecule has 3 aromatic heterocycles. The summed E-state index contributed by atoms with van der Waals surface area (Å²) in [5.41, 5.74) is 4.11. The van der Waals surface area contributed by atoms with Gasteiger partial charge in [-0.2, -0.15) is 0 Å². The second-order valence-corrected chi connectivity index (χ2v) is 7.89. The van der Waals surface area contributed by atoms with Crippen LogP contribution in [0.1, 0.15) is 26.6 Å². The molecule has 0 bridgehead atoms. The minimum absolute atomic E-state index is 0.0810. The molecule has 3 heterocycles. The number of hydrogen-bond acceptors (Lipinski definition) is 5. The fourth-order valence-corrected chi connectivity index (χ4v) is 3.93. The highest BCUT2D eigenvalue weighted by Crippen LogP contribution is 2.28. The summed E-state index contributed by atoms with van der Waals surface area (Å²) in [5, 5.41) is 3.96. The van der Waals surface area contributed by atoms with Crippen LogP contribution in [-0.4, -0.2) is 20.2 Å². The number of nitrogens with zero attached hydrogens (tertiary/aromatic N) is 3. The molecule has 4 aromatic rings. The van der Waals surface area contributed by atoms with E-state index in [-0.39, 0.29) is 5.78 Å². The Morgan fingerprint density at radius 1 is 1.15 bits per heavy atom. The van der Waals surface area contributed by atoms with Crippen LogP contribution >= 0.6 is 27.3 Å². The first-order valence-electron chi connectivity index (χ1n) is 8.00. The summed E-state index contributed by atoms with van der Waals surface area (Å²) in [5.74, 6) is -0.0810. The smallest absolute Gasteiger partial charge is 0.223 e. The zero-order valence-corrected chi connectivity index (χ0v) is 16.6. The van der Waals surface area contributed by atoms with Gasteiger partial charge in [-0.15, -0.1) is 0 Å². The third-order valence-corrected chi connectivity index (χ3v) is 5.55. The van der Waals surface area contributed by atoms with Crippen LogP contribution in [0.4, 0.5) is 10.8 Å². The Kier molecular flexibility index (Phi) is 4.34. The van der Waals surface area contributed by atoms with Crippen LogP contribution in [0.2, 0.25) is 0 Å². The van der Waals surface area contributed by atoms with Gasteiger partial charge in [-0.1, -0.05) is 29.0 Å². The van der Waals surface area contributed by atoms with E-state index < -0.39 is 0 Å². The zero-order chi connectivity index (χ0) is 18.3. The topological polar surface area (TPSA) is 59.3 Å². The second kappa shape index (κ2) is 6.66. The average molecular weight is 427 g/mol. The molecule has 0 amide bonds. The van der Waals surface area contributed by atoms with Crippen molar-refractivity contribution in [1.29, 1.82) is 0 Å². The highest BCUT2D eigenvalue weighted by molar-refractivity contribution is 9.10. The van der Waals surface area contributed by atoms with E-state index in [2.05, 4.69) is 31.2 Å². The van der Waals surface area contributed by atoms with Crippen LogP contribution in [0.5, 0.6) is 0 Å². The normalized spacial score (nSPS) is 11.0. The molecule has 130 valence electrons. The van der Waals surface area contributed by atoms with Crippen LogP contribution in [-0.2, 0) is 0 Å². The Labute approximate surface area is 162 Å². The van der Waals surface area contributed by atoms with Gasteiger partial charge < -0.3 is 5.32 Å². The Hall–Kier alpha value is -2.51. The summed E-state index contributed by atoms with van der Waals surface area (Å²) in [4.78, 5) is 22.5. The molecule has 4 rings (SSSR count). The van der Waals surface area contributed by atoms with Gasteiger partial charge in [0.2, 0.25) is 5.78 Å². The lowest BCUT2D eigenvalue weighted by Gasteiger charge is -2.02. The molecule has 7 heteroatoms. The predicted octanol–water partition coefficient (Wildman–Crippen LogP) is 5.14. The van der Waals surface area contributed by atoms with Crippen molar-refractivity contribution in [3.05, 3.63) is 75.1 Å². The van der Waals surface area contributed by atoms with Gasteiger partial charge in [0, 0.05) is 16.4 Å². The van der Waals surface area contributed by atoms with Crippen molar-refractivity contribution >= 4 is 49.5 Å². The molecule has 26 heavy (non-hydrogen) atoms. The van der Waals surface area contributed by atoms with Gasteiger partial charge in [-0.25, -0.2) is 9.97 Å². The van der Waals surface area contributed by atoms with Crippen LogP contribution in [0.15, 0.2) is 53.3 Å². The third kappa shape index (κ3) is 3.15. The molecule has 0 aliphatic carbocycles. The number of benzene rings is 1. The van der Waals surface area contributed by atoms with Gasteiger partial charge in [0.1, 0.15) is 16.2 Å². The number of rotatable bonds is 4. The van der Waals surface area contributed by atoms with Gasteiger partial charge in [0.25, 0.3) is 0 Å². The van der Waals surface area contributed by atoms with E-state index in [0.29, 0.717) is 21.4 Å². The van der Waals surface area contributed by atoms with E-state index in [1.54, 1.807) is 10.6 Å². The van der Waals surface area contributed by atoms with Crippen LogP contribution in [0.25, 0.3) is 5.65 Å². The number of anilines is 2. The first kappa shape index (κ1) is 16.9. The lowest BCUT2D eigenvalue weighted by molar-refractivity contribution is 0.103. The fraction of sp³-hybridized carbons (Fsp3) is 0.105. The lowest BCUT2D eigenvalue weighted by atomic mass is 10.2. The van der Waals surface area contributed by atoms with E-state index in [1.165, 1.54) is 16.9 Å². The van der Waals surface area contributed by atoms with Gasteiger partial charge in [0.15, 0.2) is 5.13 Å². The molecule has 0 unspecified atom stereocenters. The molecular weight excluding hydrogens is 412 g/mol. The highest BCUT2D eigenvalue weighted by Gasteiger charge is 2.20. The Balaban J connectivity index is 1.67. The summed E-state index contributed by atoms with van der Waals surface area (Å²) in [6, 6.07) is 11.8. The number of ketones is 1. The number of carbonyl (C=O) groups is 1. The van der Waals surface area contributed by atoms with E-state index in [9.17, 15) is 4.79 Å². The molecular formula is C19H15BrN4OS. The maximum atomic E-state index is 13.0. The number of halogens is 1. The number of imidazole rings is 1. The SMILES string of the molecule is Cc1ccc(Nc2nc(C)c(C(=O)c3cnc4ccc(Br)cn34)s2)cc1. The summed E-state index contributed by atoms with van der Waals surface area (Å²) >= 11 is 4.79. The highest BCUT2D eigenvalue weighted by atomic mass is 79.9. The summed E-state index contributed by atoms with van der Waals surface area (Å²) < 4.78 is 2.68. The van der Waals surface area contributed by atoms with E-state index in [0.717, 1.165) is 15.8 Å². The van der Waals surface area contributed by atoms with Gasteiger partial charge >= 0.3 is 0 Å². The third-order valence-electron chi connectivity index (χ3n) is 4.01. The molecule has 0 saturated carbocycles. The standard InChI is InChI=1S/C19H15BrN4OS/c1-11-3-6-14(7-4-11)23-19-22-12(2)18(26-19)17(25)15-9-21-16-8-5-13(20)10-24(15)16/h3-10H,1-2H3,(H,22,23). The minimum Gasteiger partial charge on any atom is -0.332 e. The maximum Gasteiger partial charge on any atom is 0.223 e. The Bertz CT molecular complexity index is 1110. The van der Waals surface area contributed by atoms with Crippen molar-refractivity contribution < 1.29 is 4.79 Å². The van der Waals surface area contributed by atoms with Gasteiger partial charge in [0.05, 0.1) is 11.9 Å². The van der Waals surface area contributed by atoms with Crippen molar-refractivity contribution in [2.45, 2.75) is 13.8 Å². The molecule has 0 aliphatic heterocycles. The van der Waals surface area contributed by atoms with E-state index in [4.69, 9.17) is 0 Å². The molecule has 0 radical (unpaired) electrons. The predicted molar refractivity (Wildman–Crippen MR) is 108 cm³/mol. The number of pyridine rings is 1. The molecule has 0 fully saturated rings. The molecule has 0 saturated heterocycles. The molecule has 1 N–H and O–H groups in total. The number of aryl methyl sites for hydroxylation is 2. The molecule has 0 spiro atoms. The first-order chi connectivity index (χ1) is 12.5. The largest absolute Gasteiger partial charge is 0.332 e. The van der Waals surface area contributed by atoms with Crippen molar-refractivity contribution in [2.24, 2.45) is 0 Å². The fourth-order valence-electron chi connectivity index (χ4n) is 2.66. The van der Waals surface area contributed by atoms with Crippen molar-refractivity contribution in [3.8, 4) is 0 Å². The van der Waals surface area contributed by atoms with Gasteiger partial charge in [-0.3, -0.25) is 9.20 Å². The average Bonchev–Trinajstić information content (AvgIpc) is 3.19. The number of aromatic nitrogens is 3. The first-order valence-corrected chi connectivity index (χ1v) is 9.60. The lowest BCUT2D eigenvalue weighted by Crippen LogP contribution is -2.04.